The van der Waals surface area contributed by atoms with E-state index < -0.39 is 4.92 Å². The number of nitrogen functional groups attached to an aromatic ring is 1. The molecule has 7 nitrogen and oxygen atoms in total. The van der Waals surface area contributed by atoms with Crippen molar-refractivity contribution in [2.75, 3.05) is 10.7 Å². The Morgan fingerprint density at radius 2 is 1.95 bits per heavy atom. The summed E-state index contributed by atoms with van der Waals surface area (Å²) < 4.78 is 0. The van der Waals surface area contributed by atoms with Gasteiger partial charge in [-0.25, -0.2) is 10.8 Å². The molecule has 1 unspecified atom stereocenters. The van der Waals surface area contributed by atoms with Gasteiger partial charge in [0.25, 0.3) is 5.69 Å². The Balaban J connectivity index is 2.29. The number of hydrazine groups is 1. The van der Waals surface area contributed by atoms with Crippen molar-refractivity contribution >= 4 is 17.3 Å². The lowest BCUT2D eigenvalue weighted by Crippen LogP contribution is -2.14. The average Bonchev–Trinajstić information content (AvgIpc) is 2.53. The van der Waals surface area contributed by atoms with Crippen molar-refractivity contribution in [3.63, 3.8) is 0 Å². The molecule has 0 aliphatic carbocycles. The molecule has 0 radical (unpaired) electrons. The molecule has 1 heterocycles. The highest BCUT2D eigenvalue weighted by Crippen LogP contribution is 2.25. The molecular weight excluding hydrogens is 270 g/mol. The summed E-state index contributed by atoms with van der Waals surface area (Å²) in [6, 6.07) is 12.5. The molecule has 1 atom stereocenters. The molecule has 1 aromatic carbocycles. The quantitative estimate of drug-likeness (QED) is 0.428. The second kappa shape index (κ2) is 6.67. The van der Waals surface area contributed by atoms with E-state index in [0.717, 1.165) is 12.0 Å². The first-order chi connectivity index (χ1) is 10.1. The molecule has 0 saturated heterocycles. The topological polar surface area (TPSA) is 106 Å². The van der Waals surface area contributed by atoms with Gasteiger partial charge in [-0.15, -0.1) is 0 Å². The highest BCUT2D eigenvalue weighted by Gasteiger charge is 2.14. The molecule has 0 fully saturated rings. The molecule has 0 aliphatic rings. The maximum Gasteiger partial charge on any atom is 0.276 e. The van der Waals surface area contributed by atoms with Gasteiger partial charge in [0.1, 0.15) is 11.6 Å². The van der Waals surface area contributed by atoms with Crippen LogP contribution in [0, 0.1) is 10.1 Å². The number of rotatable bonds is 6. The number of hydrogen-bond donors (Lipinski definition) is 3. The second-order valence-corrected chi connectivity index (χ2v) is 4.51. The van der Waals surface area contributed by atoms with Gasteiger partial charge >= 0.3 is 0 Å². The summed E-state index contributed by atoms with van der Waals surface area (Å²) in [5.74, 6) is 5.95. The van der Waals surface area contributed by atoms with E-state index >= 15 is 0 Å². The van der Waals surface area contributed by atoms with E-state index in [1.165, 1.54) is 12.1 Å². The normalized spacial score (nSPS) is 11.7. The van der Waals surface area contributed by atoms with Crippen LogP contribution < -0.4 is 16.6 Å². The Labute approximate surface area is 122 Å². The lowest BCUT2D eigenvalue weighted by Gasteiger charge is -2.18. The van der Waals surface area contributed by atoms with E-state index in [9.17, 15) is 10.1 Å². The number of nitrogens with two attached hydrogens (primary N) is 1. The SMILES string of the molecule is CCC(Nc1cc([N+](=O)[O-])cc(NN)n1)c1ccccc1. The summed E-state index contributed by atoms with van der Waals surface area (Å²) in [6.07, 6.45) is 0.819. The smallest absolute Gasteiger partial charge is 0.276 e. The largest absolute Gasteiger partial charge is 0.363 e. The van der Waals surface area contributed by atoms with Gasteiger partial charge < -0.3 is 10.7 Å². The predicted molar refractivity (Wildman–Crippen MR) is 81.8 cm³/mol. The molecule has 0 spiro atoms. The van der Waals surface area contributed by atoms with Crippen molar-refractivity contribution in [3.05, 3.63) is 58.1 Å². The zero-order valence-electron chi connectivity index (χ0n) is 11.6. The monoisotopic (exact) mass is 287 g/mol. The van der Waals surface area contributed by atoms with Crippen molar-refractivity contribution in [2.45, 2.75) is 19.4 Å². The minimum Gasteiger partial charge on any atom is -0.363 e. The van der Waals surface area contributed by atoms with Crippen LogP contribution in [0.5, 0.6) is 0 Å². The summed E-state index contributed by atoms with van der Waals surface area (Å²) >= 11 is 0. The third-order valence-electron chi connectivity index (χ3n) is 3.10. The predicted octanol–water partition coefficient (Wildman–Crippen LogP) is 2.84. The molecular formula is C14H17N5O2. The third kappa shape index (κ3) is 3.67. The van der Waals surface area contributed by atoms with Crippen molar-refractivity contribution in [2.24, 2.45) is 5.84 Å². The third-order valence-corrected chi connectivity index (χ3v) is 3.10. The van der Waals surface area contributed by atoms with Crippen LogP contribution >= 0.6 is 0 Å². The summed E-state index contributed by atoms with van der Waals surface area (Å²) in [7, 11) is 0. The first kappa shape index (κ1) is 14.7. The molecule has 0 bridgehead atoms. The number of nitrogens with zero attached hydrogens (tertiary/aromatic N) is 2. The van der Waals surface area contributed by atoms with Gasteiger partial charge in [0.2, 0.25) is 0 Å². The standard InChI is InChI=1S/C14H17N5O2/c1-2-12(10-6-4-3-5-7-10)16-13-8-11(19(20)21)9-14(17-13)18-15/h3-9,12H,2,15H2,1H3,(H2,16,17,18). The van der Waals surface area contributed by atoms with Crippen molar-refractivity contribution in [3.8, 4) is 0 Å². The van der Waals surface area contributed by atoms with E-state index in [1.54, 1.807) is 0 Å². The molecule has 110 valence electrons. The lowest BCUT2D eigenvalue weighted by atomic mass is 10.0. The van der Waals surface area contributed by atoms with Gasteiger partial charge in [-0.1, -0.05) is 37.3 Å². The minimum atomic E-state index is -0.475. The summed E-state index contributed by atoms with van der Waals surface area (Å²) in [6.45, 7) is 2.03. The van der Waals surface area contributed by atoms with Crippen molar-refractivity contribution in [1.82, 2.24) is 4.98 Å². The van der Waals surface area contributed by atoms with Gasteiger partial charge in [-0.3, -0.25) is 10.1 Å². The zero-order valence-corrected chi connectivity index (χ0v) is 11.6. The maximum atomic E-state index is 10.9. The second-order valence-electron chi connectivity index (χ2n) is 4.51. The van der Waals surface area contributed by atoms with Gasteiger partial charge in [0.15, 0.2) is 0 Å². The number of nitrogens with one attached hydrogen (secondary N) is 2. The number of benzene rings is 1. The number of pyridine rings is 1. The summed E-state index contributed by atoms with van der Waals surface area (Å²) in [5.41, 5.74) is 3.36. The van der Waals surface area contributed by atoms with Gasteiger partial charge in [0.05, 0.1) is 23.1 Å². The van der Waals surface area contributed by atoms with Crippen molar-refractivity contribution in [1.29, 1.82) is 0 Å². The highest BCUT2D eigenvalue weighted by atomic mass is 16.6. The van der Waals surface area contributed by atoms with Crippen LogP contribution in [0.4, 0.5) is 17.3 Å². The number of hydrogen-bond acceptors (Lipinski definition) is 6. The Bertz CT molecular complexity index is 618. The molecule has 0 saturated carbocycles. The molecule has 21 heavy (non-hydrogen) atoms. The average molecular weight is 287 g/mol. The first-order valence-electron chi connectivity index (χ1n) is 6.58. The van der Waals surface area contributed by atoms with Crippen molar-refractivity contribution < 1.29 is 4.92 Å². The number of nitro groups is 1. The van der Waals surface area contributed by atoms with E-state index in [0.29, 0.717) is 5.82 Å². The summed E-state index contributed by atoms with van der Waals surface area (Å²) in [4.78, 5) is 14.6. The van der Waals surface area contributed by atoms with Crippen LogP contribution in [-0.2, 0) is 0 Å². The Kier molecular flexibility index (Phi) is 4.68. The van der Waals surface area contributed by atoms with E-state index in [-0.39, 0.29) is 17.5 Å². The molecule has 7 heteroatoms. The minimum absolute atomic E-state index is 0.0197. The van der Waals surface area contributed by atoms with E-state index in [2.05, 4.69) is 15.7 Å². The first-order valence-corrected chi connectivity index (χ1v) is 6.58. The van der Waals surface area contributed by atoms with Gasteiger partial charge in [-0.2, -0.15) is 0 Å². The van der Waals surface area contributed by atoms with Crippen LogP contribution in [0.15, 0.2) is 42.5 Å². The molecule has 0 amide bonds. The Morgan fingerprint density at radius 3 is 2.52 bits per heavy atom. The van der Waals surface area contributed by atoms with Crippen LogP contribution in [0.2, 0.25) is 0 Å². The van der Waals surface area contributed by atoms with Crippen LogP contribution in [0.1, 0.15) is 24.9 Å². The molecule has 4 N–H and O–H groups in total. The fraction of sp³-hybridized carbons (Fsp3) is 0.214. The Hall–Kier alpha value is -2.67. The van der Waals surface area contributed by atoms with E-state index in [4.69, 9.17) is 5.84 Å². The highest BCUT2D eigenvalue weighted by molar-refractivity contribution is 5.55. The van der Waals surface area contributed by atoms with Gasteiger partial charge in [-0.05, 0) is 12.0 Å². The zero-order chi connectivity index (χ0) is 15.2. The fourth-order valence-electron chi connectivity index (χ4n) is 2.05. The van der Waals surface area contributed by atoms with Crippen LogP contribution in [0.3, 0.4) is 0 Å². The van der Waals surface area contributed by atoms with Gasteiger partial charge in [0, 0.05) is 0 Å². The lowest BCUT2D eigenvalue weighted by molar-refractivity contribution is -0.384. The van der Waals surface area contributed by atoms with Crippen LogP contribution in [-0.4, -0.2) is 9.91 Å². The van der Waals surface area contributed by atoms with E-state index in [1.807, 2.05) is 37.3 Å². The summed E-state index contributed by atoms with van der Waals surface area (Å²) in [5, 5.41) is 14.1. The molecule has 0 aliphatic heterocycles. The Morgan fingerprint density at radius 1 is 1.29 bits per heavy atom. The molecule has 1 aromatic heterocycles. The molecule has 2 aromatic rings. The number of aromatic nitrogens is 1. The van der Waals surface area contributed by atoms with Crippen LogP contribution in [0.25, 0.3) is 0 Å². The fourth-order valence-corrected chi connectivity index (χ4v) is 2.05. The maximum absolute atomic E-state index is 10.9. The number of anilines is 2. The molecule has 2 rings (SSSR count).